The van der Waals surface area contributed by atoms with Crippen LogP contribution in [-0.4, -0.2) is 29.9 Å². The summed E-state index contributed by atoms with van der Waals surface area (Å²) < 4.78 is 0. The topological polar surface area (TPSA) is 83.2 Å². The van der Waals surface area contributed by atoms with E-state index in [1.807, 2.05) is 18.2 Å². The minimum absolute atomic E-state index is 0. The maximum atomic E-state index is 8.52. The first kappa shape index (κ1) is 14.7. The maximum absolute atomic E-state index is 8.52. The largest absolute Gasteiger partial charge is 0.412 e. The zero-order chi connectivity index (χ0) is 7.94. The second-order valence-electron chi connectivity index (χ2n) is 2.48. The molecule has 0 unspecified atom stereocenters. The molecular formula is C9H16BO3. The summed E-state index contributed by atoms with van der Waals surface area (Å²) in [6.07, 6.45) is 1.81. The second kappa shape index (κ2) is 9.25. The lowest BCUT2D eigenvalue weighted by molar-refractivity contribution is 0.295. The van der Waals surface area contributed by atoms with Crippen LogP contribution in [0, 0.1) is 0 Å². The molecule has 0 aliphatic carbocycles. The van der Waals surface area contributed by atoms with E-state index < -0.39 is 0 Å². The van der Waals surface area contributed by atoms with Gasteiger partial charge >= 0.3 is 0 Å². The lowest BCUT2D eigenvalue weighted by Crippen LogP contribution is -2.12. The normalized spacial score (nSPS) is 8.08. The first-order chi connectivity index (χ1) is 5.43. The number of aliphatic hydroxyl groups is 1. The third-order valence-corrected chi connectivity index (χ3v) is 1.54. The van der Waals surface area contributed by atoms with Gasteiger partial charge in [-0.05, 0) is 6.42 Å². The van der Waals surface area contributed by atoms with Crippen molar-refractivity contribution in [3.63, 3.8) is 0 Å². The summed E-state index contributed by atoms with van der Waals surface area (Å²) in [5.41, 5.74) is 1.24. The van der Waals surface area contributed by atoms with Crippen molar-refractivity contribution in [2.75, 3.05) is 6.61 Å². The van der Waals surface area contributed by atoms with Gasteiger partial charge in [0.15, 0.2) is 7.28 Å². The van der Waals surface area contributed by atoms with E-state index in [2.05, 4.69) is 19.4 Å². The van der Waals surface area contributed by atoms with Crippen molar-refractivity contribution in [1.29, 1.82) is 0 Å². The first-order valence-corrected chi connectivity index (χ1v) is 3.92. The molecule has 0 atom stereocenters. The van der Waals surface area contributed by atoms with Gasteiger partial charge in [0.25, 0.3) is 0 Å². The van der Waals surface area contributed by atoms with E-state index in [0.717, 1.165) is 12.7 Å². The van der Waals surface area contributed by atoms with Gasteiger partial charge in [-0.15, -0.1) is 0 Å². The fourth-order valence-corrected chi connectivity index (χ4v) is 0.949. The Labute approximate surface area is 79.3 Å². The summed E-state index contributed by atoms with van der Waals surface area (Å²) in [6.45, 7) is 0.281. The Morgan fingerprint density at radius 1 is 1.08 bits per heavy atom. The van der Waals surface area contributed by atoms with E-state index in [0.29, 0.717) is 0 Å². The number of rotatable bonds is 4. The van der Waals surface area contributed by atoms with E-state index in [9.17, 15) is 0 Å². The molecule has 0 aromatic heterocycles. The Hall–Kier alpha value is -0.835. The summed E-state index contributed by atoms with van der Waals surface area (Å²) in [6, 6.07) is 10.2. The average Bonchev–Trinajstić information content (AvgIpc) is 2.07. The molecule has 13 heavy (non-hydrogen) atoms. The maximum Gasteiger partial charge on any atom is 0.151 e. The quantitative estimate of drug-likeness (QED) is 0.479. The van der Waals surface area contributed by atoms with Crippen molar-refractivity contribution in [1.82, 2.24) is 0 Å². The van der Waals surface area contributed by atoms with Crippen LogP contribution < -0.4 is 5.46 Å². The van der Waals surface area contributed by atoms with Crippen molar-refractivity contribution in [3.8, 4) is 0 Å². The second-order valence-corrected chi connectivity index (χ2v) is 2.48. The van der Waals surface area contributed by atoms with Gasteiger partial charge in [0.05, 0.1) is 0 Å². The van der Waals surface area contributed by atoms with Gasteiger partial charge in [0.1, 0.15) is 0 Å². The standard InChI is InChI=1S/C9H12BO.2H2O/c11-8-4-7-10-9-5-2-1-3-6-9;;/h1-3,5-6,11H,4,7-8H2;2*1H2. The van der Waals surface area contributed by atoms with E-state index in [-0.39, 0.29) is 17.6 Å². The fraction of sp³-hybridized carbons (Fsp3) is 0.333. The van der Waals surface area contributed by atoms with Crippen molar-refractivity contribution < 1.29 is 16.1 Å². The molecule has 0 fully saturated rings. The summed E-state index contributed by atoms with van der Waals surface area (Å²) in [4.78, 5) is 0. The molecule has 0 saturated carbocycles. The van der Waals surface area contributed by atoms with Crippen LogP contribution in [0.5, 0.6) is 0 Å². The van der Waals surface area contributed by atoms with Crippen molar-refractivity contribution in [3.05, 3.63) is 30.3 Å². The molecule has 0 amide bonds. The predicted octanol–water partition coefficient (Wildman–Crippen LogP) is -0.833. The molecule has 0 saturated heterocycles. The Bertz CT molecular complexity index is 191. The van der Waals surface area contributed by atoms with Gasteiger partial charge in [-0.3, -0.25) is 0 Å². The SMILES string of the molecule is O.O.OCCC[B]c1ccccc1. The fourth-order valence-electron chi connectivity index (χ4n) is 0.949. The van der Waals surface area contributed by atoms with Crippen LogP contribution >= 0.6 is 0 Å². The monoisotopic (exact) mass is 183 g/mol. The van der Waals surface area contributed by atoms with Gasteiger partial charge in [-0.1, -0.05) is 42.1 Å². The molecule has 0 aliphatic rings. The molecule has 1 aromatic carbocycles. The van der Waals surface area contributed by atoms with Gasteiger partial charge in [-0.2, -0.15) is 0 Å². The third-order valence-electron chi connectivity index (χ3n) is 1.54. The Morgan fingerprint density at radius 3 is 2.23 bits per heavy atom. The number of benzene rings is 1. The molecule has 3 nitrogen and oxygen atoms in total. The highest BCUT2D eigenvalue weighted by Crippen LogP contribution is 1.88. The van der Waals surface area contributed by atoms with Crippen LogP contribution in [0.15, 0.2) is 30.3 Å². The van der Waals surface area contributed by atoms with Crippen LogP contribution in [0.2, 0.25) is 6.32 Å². The van der Waals surface area contributed by atoms with Crippen LogP contribution in [-0.2, 0) is 0 Å². The summed E-state index contributed by atoms with van der Waals surface area (Å²) >= 11 is 0. The smallest absolute Gasteiger partial charge is 0.151 e. The average molecular weight is 183 g/mol. The molecule has 1 radical (unpaired) electrons. The van der Waals surface area contributed by atoms with E-state index >= 15 is 0 Å². The molecule has 1 rings (SSSR count). The number of aliphatic hydroxyl groups excluding tert-OH is 1. The van der Waals surface area contributed by atoms with E-state index in [1.54, 1.807) is 0 Å². The van der Waals surface area contributed by atoms with Gasteiger partial charge in [0.2, 0.25) is 0 Å². The zero-order valence-corrected chi connectivity index (χ0v) is 7.53. The number of hydrogen-bond acceptors (Lipinski definition) is 1. The molecule has 0 bridgehead atoms. The van der Waals surface area contributed by atoms with Crippen molar-refractivity contribution in [2.24, 2.45) is 0 Å². The molecular weight excluding hydrogens is 167 g/mol. The predicted molar refractivity (Wildman–Crippen MR) is 55.6 cm³/mol. The van der Waals surface area contributed by atoms with Crippen molar-refractivity contribution in [2.45, 2.75) is 12.7 Å². The zero-order valence-electron chi connectivity index (χ0n) is 7.53. The molecule has 0 heterocycles. The van der Waals surface area contributed by atoms with Crippen molar-refractivity contribution >= 4 is 12.7 Å². The van der Waals surface area contributed by atoms with Crippen LogP contribution in [0.25, 0.3) is 0 Å². The third kappa shape index (κ3) is 6.34. The minimum Gasteiger partial charge on any atom is -0.412 e. The van der Waals surface area contributed by atoms with Gasteiger partial charge in [-0.25, -0.2) is 0 Å². The summed E-state index contributed by atoms with van der Waals surface area (Å²) in [5, 5.41) is 8.52. The molecule has 0 spiro atoms. The molecule has 5 N–H and O–H groups in total. The Kier molecular flexibility index (Phi) is 10.4. The highest BCUT2D eigenvalue weighted by molar-refractivity contribution is 6.53. The molecule has 4 heteroatoms. The van der Waals surface area contributed by atoms with Gasteiger partial charge < -0.3 is 16.1 Å². The lowest BCUT2D eigenvalue weighted by Gasteiger charge is -1.96. The van der Waals surface area contributed by atoms with Crippen LogP contribution in [0.3, 0.4) is 0 Å². The van der Waals surface area contributed by atoms with Gasteiger partial charge in [0, 0.05) is 6.61 Å². The molecule has 73 valence electrons. The molecule has 1 aromatic rings. The summed E-state index contributed by atoms with van der Waals surface area (Å²) in [5.74, 6) is 0. The summed E-state index contributed by atoms with van der Waals surface area (Å²) in [7, 11) is 2.14. The molecule has 0 aliphatic heterocycles. The highest BCUT2D eigenvalue weighted by Gasteiger charge is 1.92. The van der Waals surface area contributed by atoms with Crippen LogP contribution in [0.1, 0.15) is 6.42 Å². The Morgan fingerprint density at radius 2 is 1.69 bits per heavy atom. The Balaban J connectivity index is 0. The van der Waals surface area contributed by atoms with E-state index in [4.69, 9.17) is 5.11 Å². The van der Waals surface area contributed by atoms with Crippen LogP contribution in [0.4, 0.5) is 0 Å². The van der Waals surface area contributed by atoms with E-state index in [1.165, 1.54) is 5.46 Å². The minimum atomic E-state index is 0. The first-order valence-electron chi connectivity index (χ1n) is 3.92. The lowest BCUT2D eigenvalue weighted by atomic mass is 9.66. The highest BCUT2D eigenvalue weighted by atomic mass is 16.2. The number of hydrogen-bond donors (Lipinski definition) is 1.